The predicted molar refractivity (Wildman–Crippen MR) is 47.6 cm³/mol. The summed E-state index contributed by atoms with van der Waals surface area (Å²) in [4.78, 5) is 0. The molecule has 0 N–H and O–H groups in total. The van der Waals surface area contributed by atoms with E-state index in [9.17, 15) is 35.1 Å². The largest absolute Gasteiger partial charge is 1.00 e. The van der Waals surface area contributed by atoms with Crippen molar-refractivity contribution in [2.45, 2.75) is 18.0 Å². The fourth-order valence-electron chi connectivity index (χ4n) is 1.77. The molecule has 110 valence electrons. The van der Waals surface area contributed by atoms with Crippen molar-refractivity contribution >= 4 is 7.69 Å². The average molecular weight is 312 g/mol. The zero-order chi connectivity index (χ0) is 15.3. The molecule has 1 aromatic rings. The minimum atomic E-state index is -6.04. The molecule has 0 aliphatic carbocycles. The third kappa shape index (κ3) is 2.62. The van der Waals surface area contributed by atoms with E-state index in [0.717, 1.165) is 0 Å². The molecule has 0 atom stereocenters. The molecule has 0 bridgehead atoms. The number of hydrogen-bond acceptors (Lipinski definition) is 2. The Balaban J connectivity index is 0.00000220. The summed E-state index contributed by atoms with van der Waals surface area (Å²) >= 11 is 0. The van der Waals surface area contributed by atoms with Gasteiger partial charge < -0.3 is 9.31 Å². The van der Waals surface area contributed by atoms with Gasteiger partial charge in [-0.3, -0.25) is 0 Å². The van der Waals surface area contributed by atoms with Crippen molar-refractivity contribution in [2.75, 3.05) is 0 Å². The van der Waals surface area contributed by atoms with Crippen LogP contribution in [0.3, 0.4) is 0 Å². The molecule has 1 aliphatic heterocycles. The Hall–Kier alpha value is -0.918. The maximum Gasteiger partial charge on any atom is 1.00 e. The van der Waals surface area contributed by atoms with Crippen molar-refractivity contribution < 1.29 is 63.3 Å². The average Bonchev–Trinajstić information content (AvgIpc) is 2.24. The first-order chi connectivity index (χ1) is 9.00. The maximum absolute atomic E-state index is 13.5. The standard InChI is InChI=1S/C9H2BF8O2.Li/c11-3-1-4(12)6-5(2-3)19-10-20-7(6,8(13,14)15)9(16,17)18;/h1-2H;/q-1;+1. The van der Waals surface area contributed by atoms with Crippen LogP contribution in [0.4, 0.5) is 35.1 Å². The first-order valence-corrected chi connectivity index (χ1v) is 4.80. The topological polar surface area (TPSA) is 18.5 Å². The van der Waals surface area contributed by atoms with Gasteiger partial charge in [0.05, 0.1) is 19.0 Å². The van der Waals surface area contributed by atoms with Gasteiger partial charge in [0.25, 0.3) is 0 Å². The molecule has 0 amide bonds. The van der Waals surface area contributed by atoms with E-state index in [1.54, 1.807) is 0 Å². The van der Waals surface area contributed by atoms with E-state index < -0.39 is 40.9 Å². The van der Waals surface area contributed by atoms with Crippen LogP contribution in [0, 0.1) is 11.6 Å². The van der Waals surface area contributed by atoms with Crippen LogP contribution in [0.2, 0.25) is 0 Å². The molecular formula is C9H2BF8LiO2. The van der Waals surface area contributed by atoms with E-state index in [0.29, 0.717) is 0 Å². The van der Waals surface area contributed by atoms with Crippen molar-refractivity contribution in [1.82, 2.24) is 0 Å². The predicted octanol–water partition coefficient (Wildman–Crippen LogP) is 0.232. The Morgan fingerprint density at radius 3 is 1.95 bits per heavy atom. The third-order valence-corrected chi connectivity index (χ3v) is 2.57. The van der Waals surface area contributed by atoms with Gasteiger partial charge in [-0.15, -0.1) is 0 Å². The molecule has 0 fully saturated rings. The maximum atomic E-state index is 13.5. The SMILES string of the molecule is Fc1cc(F)c2c(c1)O[B-]OC2(C(F)(F)F)C(F)(F)F.[Li+]. The van der Waals surface area contributed by atoms with Crippen molar-refractivity contribution in [2.24, 2.45) is 0 Å². The third-order valence-electron chi connectivity index (χ3n) is 2.57. The van der Waals surface area contributed by atoms with Gasteiger partial charge in [-0.2, -0.15) is 26.3 Å². The molecule has 1 aromatic carbocycles. The molecule has 0 unspecified atom stereocenters. The molecule has 21 heavy (non-hydrogen) atoms. The van der Waals surface area contributed by atoms with Gasteiger partial charge in [-0.25, -0.2) is 8.78 Å². The Bertz CT molecular complexity index is 530. The molecular weight excluding hydrogens is 310 g/mol. The van der Waals surface area contributed by atoms with Gasteiger partial charge in [-0.05, 0) is 0 Å². The van der Waals surface area contributed by atoms with Crippen molar-refractivity contribution in [3.8, 4) is 5.75 Å². The molecule has 1 heterocycles. The summed E-state index contributed by atoms with van der Waals surface area (Å²) in [5.74, 6) is -4.74. The van der Waals surface area contributed by atoms with Crippen LogP contribution in [-0.4, -0.2) is 20.0 Å². The fraction of sp³-hybridized carbons (Fsp3) is 0.333. The van der Waals surface area contributed by atoms with E-state index in [4.69, 9.17) is 0 Å². The minimum Gasteiger partial charge on any atom is -0.741 e. The van der Waals surface area contributed by atoms with Crippen LogP contribution in [0.15, 0.2) is 12.1 Å². The Kier molecular flexibility index (Phi) is 4.64. The van der Waals surface area contributed by atoms with Gasteiger partial charge in [0, 0.05) is 12.1 Å². The van der Waals surface area contributed by atoms with Crippen LogP contribution in [0.25, 0.3) is 0 Å². The van der Waals surface area contributed by atoms with Crippen molar-refractivity contribution in [1.29, 1.82) is 0 Å². The minimum absolute atomic E-state index is 0. The molecule has 1 aliphatic rings. The monoisotopic (exact) mass is 312 g/mol. The Morgan fingerprint density at radius 2 is 1.48 bits per heavy atom. The van der Waals surface area contributed by atoms with E-state index in [-0.39, 0.29) is 38.7 Å². The second-order valence-electron chi connectivity index (χ2n) is 3.77. The van der Waals surface area contributed by atoms with Gasteiger partial charge in [0.15, 0.2) is 0 Å². The molecule has 12 heteroatoms. The van der Waals surface area contributed by atoms with Crippen LogP contribution < -0.4 is 23.5 Å². The quantitative estimate of drug-likeness (QED) is 0.504. The Morgan fingerprint density at radius 1 is 0.952 bits per heavy atom. The number of alkyl halides is 6. The number of hydrogen-bond donors (Lipinski definition) is 0. The van der Waals surface area contributed by atoms with Crippen molar-refractivity contribution in [3.05, 3.63) is 29.3 Å². The number of fused-ring (bicyclic) bond motifs is 1. The number of benzene rings is 1. The molecule has 0 saturated heterocycles. The second kappa shape index (κ2) is 5.37. The molecule has 0 spiro atoms. The smallest absolute Gasteiger partial charge is 0.741 e. The molecule has 0 aromatic heterocycles. The summed E-state index contributed by atoms with van der Waals surface area (Å²) in [5, 5.41) is 0. The normalized spacial score (nSPS) is 17.5. The number of rotatable bonds is 0. The van der Waals surface area contributed by atoms with E-state index in [2.05, 4.69) is 9.31 Å². The van der Waals surface area contributed by atoms with Gasteiger partial charge >= 0.3 is 31.2 Å². The molecule has 2 radical (unpaired) electrons. The van der Waals surface area contributed by atoms with Gasteiger partial charge in [0.1, 0.15) is 11.6 Å². The molecule has 2 nitrogen and oxygen atoms in total. The van der Waals surface area contributed by atoms with Gasteiger partial charge in [-0.1, -0.05) is 0 Å². The summed E-state index contributed by atoms with van der Waals surface area (Å²) in [7, 11) is -0.262. The fourth-order valence-corrected chi connectivity index (χ4v) is 1.77. The second-order valence-corrected chi connectivity index (χ2v) is 3.77. The molecule has 0 saturated carbocycles. The zero-order valence-electron chi connectivity index (χ0n) is 10.1. The number of halogens is 8. The van der Waals surface area contributed by atoms with E-state index >= 15 is 0 Å². The summed E-state index contributed by atoms with van der Waals surface area (Å²) in [6.07, 6.45) is -12.1. The van der Waals surface area contributed by atoms with Gasteiger partial charge in [0.2, 0.25) is 5.60 Å². The summed E-state index contributed by atoms with van der Waals surface area (Å²) in [6, 6.07) is 0.0762. The van der Waals surface area contributed by atoms with E-state index in [1.165, 1.54) is 0 Å². The first kappa shape index (κ1) is 18.1. The van der Waals surface area contributed by atoms with E-state index in [1.807, 2.05) is 0 Å². The first-order valence-electron chi connectivity index (χ1n) is 4.80. The van der Waals surface area contributed by atoms with Crippen LogP contribution in [-0.2, 0) is 10.3 Å². The van der Waals surface area contributed by atoms with Crippen LogP contribution in [0.5, 0.6) is 5.75 Å². The van der Waals surface area contributed by atoms with Crippen LogP contribution >= 0.6 is 0 Å². The van der Waals surface area contributed by atoms with Crippen molar-refractivity contribution in [3.63, 3.8) is 0 Å². The molecule has 2 rings (SSSR count). The zero-order valence-corrected chi connectivity index (χ0v) is 10.1. The summed E-state index contributed by atoms with van der Waals surface area (Å²) < 4.78 is 111. The summed E-state index contributed by atoms with van der Waals surface area (Å²) in [6.45, 7) is 0. The summed E-state index contributed by atoms with van der Waals surface area (Å²) in [5.41, 5.74) is -6.92. The van der Waals surface area contributed by atoms with Crippen LogP contribution in [0.1, 0.15) is 5.56 Å². The Labute approximate surface area is 124 Å².